The van der Waals surface area contributed by atoms with Crippen LogP contribution in [0, 0.1) is 0 Å². The molecule has 2 rings (SSSR count). The van der Waals surface area contributed by atoms with E-state index in [1.165, 1.54) is 0 Å². The van der Waals surface area contributed by atoms with Crippen molar-refractivity contribution in [2.75, 3.05) is 17.7 Å². The van der Waals surface area contributed by atoms with Gasteiger partial charge in [0.25, 0.3) is 5.91 Å². The van der Waals surface area contributed by atoms with E-state index in [2.05, 4.69) is 37.2 Å². The van der Waals surface area contributed by atoms with Crippen LogP contribution in [-0.2, 0) is 4.79 Å². The van der Waals surface area contributed by atoms with Crippen LogP contribution in [-0.4, -0.2) is 12.5 Å². The van der Waals surface area contributed by atoms with Gasteiger partial charge in [-0.25, -0.2) is 0 Å². The number of amides is 1. The molecule has 0 unspecified atom stereocenters. The van der Waals surface area contributed by atoms with Crippen LogP contribution in [0.25, 0.3) is 0 Å². The lowest BCUT2D eigenvalue weighted by Crippen LogP contribution is -2.20. The van der Waals surface area contributed by atoms with E-state index in [0.717, 1.165) is 4.47 Å². The van der Waals surface area contributed by atoms with Crippen molar-refractivity contribution in [3.8, 4) is 5.75 Å². The number of rotatable bonds is 4. The van der Waals surface area contributed by atoms with Crippen molar-refractivity contribution in [2.45, 2.75) is 0 Å². The topological polar surface area (TPSA) is 64.3 Å². The fourth-order valence-electron chi connectivity index (χ4n) is 1.60. The maximum Gasteiger partial charge on any atom is 0.262 e. The minimum absolute atomic E-state index is 0.152. The normalized spacial score (nSPS) is 10.2. The van der Waals surface area contributed by atoms with E-state index in [1.54, 1.807) is 24.3 Å². The number of carbonyl (C=O) groups is 1. The molecule has 1 amide bonds. The molecule has 0 saturated heterocycles. The highest BCUT2D eigenvalue weighted by Crippen LogP contribution is 2.34. The van der Waals surface area contributed by atoms with Crippen molar-refractivity contribution < 1.29 is 9.53 Å². The van der Waals surface area contributed by atoms with Crippen LogP contribution in [0.3, 0.4) is 0 Å². The SMILES string of the molecule is Nc1cc(Cl)cc(Br)c1OCC(=O)Nc1ccc(Br)cc1. The first-order chi connectivity index (χ1) is 9.95. The quantitative estimate of drug-likeness (QED) is 0.698. The van der Waals surface area contributed by atoms with E-state index < -0.39 is 0 Å². The summed E-state index contributed by atoms with van der Waals surface area (Å²) in [5.41, 5.74) is 6.86. The van der Waals surface area contributed by atoms with E-state index in [-0.39, 0.29) is 12.5 Å². The number of nitrogen functional groups attached to an aromatic ring is 1. The molecule has 0 radical (unpaired) electrons. The highest BCUT2D eigenvalue weighted by Gasteiger charge is 2.10. The minimum Gasteiger partial charge on any atom is -0.480 e. The van der Waals surface area contributed by atoms with Gasteiger partial charge in [-0.15, -0.1) is 0 Å². The van der Waals surface area contributed by atoms with Gasteiger partial charge < -0.3 is 15.8 Å². The second kappa shape index (κ2) is 7.15. The van der Waals surface area contributed by atoms with Crippen molar-refractivity contribution >= 4 is 60.7 Å². The molecular formula is C14H11Br2ClN2O2. The minimum atomic E-state index is -0.279. The van der Waals surface area contributed by atoms with Crippen LogP contribution < -0.4 is 15.8 Å². The molecule has 3 N–H and O–H groups in total. The number of anilines is 2. The molecule has 0 spiro atoms. The Balaban J connectivity index is 1.97. The summed E-state index contributed by atoms with van der Waals surface area (Å²) in [4.78, 5) is 11.8. The Morgan fingerprint density at radius 2 is 1.90 bits per heavy atom. The molecule has 0 aliphatic rings. The van der Waals surface area contributed by atoms with Crippen LogP contribution in [0.4, 0.5) is 11.4 Å². The summed E-state index contributed by atoms with van der Waals surface area (Å²) in [6.45, 7) is -0.152. The van der Waals surface area contributed by atoms with Gasteiger partial charge in [0.15, 0.2) is 12.4 Å². The van der Waals surface area contributed by atoms with E-state index in [0.29, 0.717) is 26.6 Å². The van der Waals surface area contributed by atoms with Crippen LogP contribution >= 0.6 is 43.5 Å². The van der Waals surface area contributed by atoms with Gasteiger partial charge in [-0.3, -0.25) is 4.79 Å². The number of carbonyl (C=O) groups excluding carboxylic acids is 1. The predicted octanol–water partition coefficient (Wildman–Crippen LogP) is 4.46. The first-order valence-electron chi connectivity index (χ1n) is 5.88. The molecule has 2 aromatic carbocycles. The number of ether oxygens (including phenoxy) is 1. The monoisotopic (exact) mass is 432 g/mol. The molecule has 0 saturated carbocycles. The fourth-order valence-corrected chi connectivity index (χ4v) is 2.81. The Morgan fingerprint density at radius 3 is 2.52 bits per heavy atom. The molecule has 0 aliphatic carbocycles. The van der Waals surface area contributed by atoms with E-state index in [9.17, 15) is 4.79 Å². The van der Waals surface area contributed by atoms with Crippen LogP contribution in [0.1, 0.15) is 0 Å². The number of halogens is 3. The Bertz CT molecular complexity index is 640. The third-order valence-electron chi connectivity index (χ3n) is 2.51. The molecule has 7 heteroatoms. The first-order valence-corrected chi connectivity index (χ1v) is 7.85. The number of benzene rings is 2. The Kier molecular flexibility index (Phi) is 5.50. The second-order valence-electron chi connectivity index (χ2n) is 4.15. The van der Waals surface area contributed by atoms with Gasteiger partial charge in [-0.1, -0.05) is 27.5 Å². The first kappa shape index (κ1) is 16.1. The zero-order chi connectivity index (χ0) is 15.4. The Labute approximate surface area is 143 Å². The standard InChI is InChI=1S/C14H11Br2ClN2O2/c15-8-1-3-10(4-2-8)19-13(20)7-21-14-11(16)5-9(17)6-12(14)18/h1-6H,7,18H2,(H,19,20). The molecule has 0 atom stereocenters. The van der Waals surface area contributed by atoms with Crippen molar-refractivity contribution in [3.05, 3.63) is 50.4 Å². The Morgan fingerprint density at radius 1 is 1.24 bits per heavy atom. The predicted molar refractivity (Wildman–Crippen MR) is 91.8 cm³/mol. The molecular weight excluding hydrogens is 423 g/mol. The number of hydrogen-bond acceptors (Lipinski definition) is 3. The van der Waals surface area contributed by atoms with Gasteiger partial charge in [0.1, 0.15) is 0 Å². The summed E-state index contributed by atoms with van der Waals surface area (Å²) in [5.74, 6) is 0.115. The fraction of sp³-hybridized carbons (Fsp3) is 0.0714. The van der Waals surface area contributed by atoms with E-state index in [4.69, 9.17) is 22.1 Å². The van der Waals surface area contributed by atoms with E-state index in [1.807, 2.05) is 12.1 Å². The Hall–Kier alpha value is -1.24. The van der Waals surface area contributed by atoms with E-state index >= 15 is 0 Å². The third-order valence-corrected chi connectivity index (χ3v) is 3.85. The largest absolute Gasteiger partial charge is 0.480 e. The molecule has 4 nitrogen and oxygen atoms in total. The van der Waals surface area contributed by atoms with Crippen molar-refractivity contribution in [1.82, 2.24) is 0 Å². The van der Waals surface area contributed by atoms with Gasteiger partial charge in [0.2, 0.25) is 0 Å². The summed E-state index contributed by atoms with van der Waals surface area (Å²) >= 11 is 12.5. The molecule has 0 aromatic heterocycles. The molecule has 0 fully saturated rings. The molecule has 0 aliphatic heterocycles. The highest BCUT2D eigenvalue weighted by molar-refractivity contribution is 9.10. The second-order valence-corrected chi connectivity index (χ2v) is 6.36. The maximum absolute atomic E-state index is 11.8. The van der Waals surface area contributed by atoms with Crippen LogP contribution in [0.2, 0.25) is 5.02 Å². The van der Waals surface area contributed by atoms with Crippen molar-refractivity contribution in [1.29, 1.82) is 0 Å². The third kappa shape index (κ3) is 4.62. The summed E-state index contributed by atoms with van der Waals surface area (Å²) < 4.78 is 6.97. The van der Waals surface area contributed by atoms with Crippen LogP contribution in [0.15, 0.2) is 45.3 Å². The highest BCUT2D eigenvalue weighted by atomic mass is 79.9. The molecule has 110 valence electrons. The van der Waals surface area contributed by atoms with Crippen molar-refractivity contribution in [3.63, 3.8) is 0 Å². The lowest BCUT2D eigenvalue weighted by atomic mass is 10.3. The molecule has 0 bridgehead atoms. The number of nitrogens with one attached hydrogen (secondary N) is 1. The molecule has 21 heavy (non-hydrogen) atoms. The van der Waals surface area contributed by atoms with Gasteiger partial charge in [-0.2, -0.15) is 0 Å². The summed E-state index contributed by atoms with van der Waals surface area (Å²) in [6, 6.07) is 10.5. The summed E-state index contributed by atoms with van der Waals surface area (Å²) in [6.07, 6.45) is 0. The summed E-state index contributed by atoms with van der Waals surface area (Å²) in [5, 5.41) is 3.21. The van der Waals surface area contributed by atoms with Gasteiger partial charge in [0.05, 0.1) is 10.2 Å². The average Bonchev–Trinajstić information content (AvgIpc) is 2.40. The number of nitrogens with two attached hydrogens (primary N) is 1. The number of hydrogen-bond donors (Lipinski definition) is 2. The van der Waals surface area contributed by atoms with Gasteiger partial charge in [0, 0.05) is 15.2 Å². The average molecular weight is 435 g/mol. The zero-order valence-corrected chi connectivity index (χ0v) is 14.6. The zero-order valence-electron chi connectivity index (χ0n) is 10.7. The lowest BCUT2D eigenvalue weighted by molar-refractivity contribution is -0.118. The maximum atomic E-state index is 11.8. The van der Waals surface area contributed by atoms with Gasteiger partial charge >= 0.3 is 0 Å². The lowest BCUT2D eigenvalue weighted by Gasteiger charge is -2.11. The smallest absolute Gasteiger partial charge is 0.262 e. The van der Waals surface area contributed by atoms with Crippen molar-refractivity contribution in [2.24, 2.45) is 0 Å². The summed E-state index contributed by atoms with van der Waals surface area (Å²) in [7, 11) is 0. The molecule has 2 aromatic rings. The molecule has 0 heterocycles. The van der Waals surface area contributed by atoms with Gasteiger partial charge in [-0.05, 0) is 52.3 Å². The van der Waals surface area contributed by atoms with Crippen LogP contribution in [0.5, 0.6) is 5.75 Å².